The zero-order chi connectivity index (χ0) is 49.4. The summed E-state index contributed by atoms with van der Waals surface area (Å²) in [5.74, 6) is -35.1. The summed E-state index contributed by atoms with van der Waals surface area (Å²) in [6.45, 7) is -1.46. The molecule has 5 aliphatic heterocycles. The van der Waals surface area contributed by atoms with Crippen molar-refractivity contribution in [2.45, 2.75) is 54.2 Å². The highest BCUT2D eigenvalue weighted by atomic mass is 16.7. The fourth-order valence-electron chi connectivity index (χ4n) is 8.58. The van der Waals surface area contributed by atoms with Gasteiger partial charge in [0.1, 0.15) is 12.7 Å². The number of cyclic esters (lactones) is 1. The second-order valence-electron chi connectivity index (χ2n) is 15.7. The number of hydrogen-bond acceptors (Lipinski definition) is 27. The quantitative estimate of drug-likeness (QED) is 0.0376. The largest absolute Gasteiger partial charge is 0.504 e. The van der Waals surface area contributed by atoms with Gasteiger partial charge < -0.3 is 99.5 Å². The maximum Gasteiger partial charge on any atom is 0.353 e. The van der Waals surface area contributed by atoms with Crippen LogP contribution in [0.15, 0.2) is 30.3 Å². The van der Waals surface area contributed by atoms with Crippen LogP contribution < -0.4 is 4.74 Å². The van der Waals surface area contributed by atoms with Gasteiger partial charge in [-0.3, -0.25) is 9.59 Å². The van der Waals surface area contributed by atoms with Crippen molar-refractivity contribution < 1.29 is 133 Å². The molecular formula is C41H28O27. The molecule has 5 aliphatic rings. The summed E-state index contributed by atoms with van der Waals surface area (Å²) in [5.41, 5.74) is -11.2. The molecule has 13 N–H and O–H groups in total. The predicted octanol–water partition coefficient (Wildman–Crippen LogP) is -1.02. The highest BCUT2D eigenvalue weighted by Crippen LogP contribution is 2.56. The topological polar surface area (TPSA) is 447 Å². The summed E-state index contributed by atoms with van der Waals surface area (Å²) in [6, 6.07) is 1.99. The van der Waals surface area contributed by atoms with Crippen LogP contribution in [-0.4, -0.2) is 156 Å². The third-order valence-corrected chi connectivity index (χ3v) is 11.7. The molecule has 4 bridgehead atoms. The fraction of sp³-hybridized carbons (Fsp3) is 0.244. The number of aliphatic hydroxyl groups is 2. The molecule has 27 nitrogen and oxygen atoms in total. The number of ether oxygens (including phenoxy) is 7. The Morgan fingerprint density at radius 1 is 0.574 bits per heavy atom. The Balaban J connectivity index is 1.34. The number of aromatic hydroxyl groups is 11. The number of phenols is 11. The van der Waals surface area contributed by atoms with E-state index in [4.69, 9.17) is 33.2 Å². The van der Waals surface area contributed by atoms with Gasteiger partial charge in [0.15, 0.2) is 69.6 Å². The van der Waals surface area contributed by atoms with Gasteiger partial charge in [0.25, 0.3) is 5.79 Å². The van der Waals surface area contributed by atoms with Crippen LogP contribution in [0.4, 0.5) is 0 Å². The average molecular weight is 953 g/mol. The molecule has 3 unspecified atom stereocenters. The lowest BCUT2D eigenvalue weighted by atomic mass is 9.71. The van der Waals surface area contributed by atoms with Crippen LogP contribution in [0.25, 0.3) is 11.1 Å². The molecule has 27 heteroatoms. The van der Waals surface area contributed by atoms with E-state index in [2.05, 4.69) is 0 Å². The van der Waals surface area contributed by atoms with E-state index < -0.39 is 210 Å². The van der Waals surface area contributed by atoms with Crippen molar-refractivity contribution in [3.8, 4) is 80.1 Å². The normalized spacial score (nSPS) is 27.3. The third-order valence-electron chi connectivity index (χ3n) is 11.7. The first-order valence-electron chi connectivity index (χ1n) is 19.2. The summed E-state index contributed by atoms with van der Waals surface area (Å²) in [6.07, 6.45) is -15.0. The van der Waals surface area contributed by atoms with Crippen molar-refractivity contribution in [1.82, 2.24) is 0 Å². The molecule has 354 valence electrons. The minimum Gasteiger partial charge on any atom is -0.504 e. The van der Waals surface area contributed by atoms with Crippen LogP contribution in [0.1, 0.15) is 59.3 Å². The molecule has 2 saturated heterocycles. The Kier molecular flexibility index (Phi) is 9.62. The van der Waals surface area contributed by atoms with E-state index in [-0.39, 0.29) is 0 Å². The number of esters is 6. The van der Waals surface area contributed by atoms with Crippen molar-refractivity contribution >= 4 is 41.6 Å². The van der Waals surface area contributed by atoms with Crippen LogP contribution >= 0.6 is 0 Å². The molecule has 0 amide bonds. The molecule has 0 radical (unpaired) electrons. The summed E-state index contributed by atoms with van der Waals surface area (Å²) >= 11 is 0. The summed E-state index contributed by atoms with van der Waals surface area (Å²) in [5, 5.41) is 142. The van der Waals surface area contributed by atoms with Gasteiger partial charge in [-0.1, -0.05) is 0 Å². The fourth-order valence-corrected chi connectivity index (χ4v) is 8.58. The van der Waals surface area contributed by atoms with Crippen LogP contribution in [0.2, 0.25) is 0 Å². The predicted molar refractivity (Wildman–Crippen MR) is 204 cm³/mol. The molecule has 0 saturated carbocycles. The van der Waals surface area contributed by atoms with Gasteiger partial charge in [0.2, 0.25) is 35.2 Å². The van der Waals surface area contributed by atoms with E-state index >= 15 is 0 Å². The second-order valence-corrected chi connectivity index (χ2v) is 15.7. The van der Waals surface area contributed by atoms with E-state index in [1.807, 2.05) is 0 Å². The molecule has 4 aromatic rings. The monoisotopic (exact) mass is 952 g/mol. The van der Waals surface area contributed by atoms with Crippen molar-refractivity contribution in [3.63, 3.8) is 0 Å². The number of phenolic OH excluding ortho intramolecular Hbond substituents is 11. The number of benzene rings is 4. The molecular weight excluding hydrogens is 924 g/mol. The Bertz CT molecular complexity index is 3010. The Labute approximate surface area is 373 Å². The van der Waals surface area contributed by atoms with Crippen molar-refractivity contribution in [1.29, 1.82) is 0 Å². The van der Waals surface area contributed by atoms with Gasteiger partial charge >= 0.3 is 35.8 Å². The molecule has 2 fully saturated rings. The smallest absolute Gasteiger partial charge is 0.353 e. The lowest BCUT2D eigenvalue weighted by Crippen LogP contribution is -2.71. The highest BCUT2D eigenvalue weighted by Gasteiger charge is 2.68. The van der Waals surface area contributed by atoms with Gasteiger partial charge in [-0.05, 0) is 30.3 Å². The first-order chi connectivity index (χ1) is 31.9. The maximum absolute atomic E-state index is 14.8. The molecule has 0 spiro atoms. The van der Waals surface area contributed by atoms with Crippen LogP contribution in [0.3, 0.4) is 0 Å². The highest BCUT2D eigenvalue weighted by molar-refractivity contribution is 6.09. The van der Waals surface area contributed by atoms with Gasteiger partial charge in [-0.25, -0.2) is 24.0 Å². The van der Waals surface area contributed by atoms with Gasteiger partial charge in [-0.2, -0.15) is 0 Å². The second kappa shape index (κ2) is 14.8. The molecule has 0 aromatic heterocycles. The minimum absolute atomic E-state index is 0.309. The Morgan fingerprint density at radius 3 is 1.69 bits per heavy atom. The number of carbonyl (C=O) groups excluding carboxylic acids is 7. The number of ketones is 1. The number of fused-ring (bicyclic) bond motifs is 3. The SMILES string of the molecule is O=C1CC2(O)C(=O)O[C@@H]3[C@H]4OC(=O)c5cc(O)c(O)c(O)c5-c5c(cc(O)c(O)c5O)C(=O)OC[C@@H](O[C@]3(O)C(=O)c3cc(O)c(O)c(O)c3)[C@H]4OC(=O)c3cc(O)c(O)c4c3C2C(O1)C(=O)O4. The van der Waals surface area contributed by atoms with Crippen molar-refractivity contribution in [2.24, 2.45) is 0 Å². The van der Waals surface area contributed by atoms with Crippen molar-refractivity contribution in [3.05, 3.63) is 58.1 Å². The third kappa shape index (κ3) is 6.20. The number of hydrogen-bond donors (Lipinski definition) is 13. The number of rotatable bonds is 2. The first kappa shape index (κ1) is 44.3. The van der Waals surface area contributed by atoms with Gasteiger partial charge in [-0.15, -0.1) is 0 Å². The van der Waals surface area contributed by atoms with E-state index in [0.29, 0.717) is 30.3 Å². The van der Waals surface area contributed by atoms with E-state index in [1.165, 1.54) is 0 Å². The molecule has 8 atom stereocenters. The molecule has 4 aromatic carbocycles. The van der Waals surface area contributed by atoms with E-state index in [9.17, 15) is 99.9 Å². The molecule has 0 aliphatic carbocycles. The molecule has 68 heavy (non-hydrogen) atoms. The summed E-state index contributed by atoms with van der Waals surface area (Å²) in [7, 11) is 0. The maximum atomic E-state index is 14.8. The first-order valence-corrected chi connectivity index (χ1v) is 19.2. The Morgan fingerprint density at radius 2 is 1.09 bits per heavy atom. The van der Waals surface area contributed by atoms with Crippen LogP contribution in [-0.2, 0) is 42.8 Å². The van der Waals surface area contributed by atoms with Crippen molar-refractivity contribution in [2.75, 3.05) is 6.61 Å². The average Bonchev–Trinajstić information content (AvgIpc) is 3.28. The lowest BCUT2D eigenvalue weighted by Gasteiger charge is -2.48. The molecule has 5 heterocycles. The molecule has 9 rings (SSSR count). The zero-order valence-corrected chi connectivity index (χ0v) is 33.3. The number of carbonyl (C=O) groups is 7. The number of Topliss-reactive ketones (excluding diaryl/α,β-unsaturated/α-hetero) is 1. The van der Waals surface area contributed by atoms with E-state index in [0.717, 1.165) is 0 Å². The Hall–Kier alpha value is -8.95. The summed E-state index contributed by atoms with van der Waals surface area (Å²) in [4.78, 5) is 99.1. The zero-order valence-electron chi connectivity index (χ0n) is 33.3. The lowest BCUT2D eigenvalue weighted by molar-refractivity contribution is -0.325. The van der Waals surface area contributed by atoms with Gasteiger partial charge in [0.05, 0.1) is 29.0 Å². The minimum atomic E-state index is -4.03. The summed E-state index contributed by atoms with van der Waals surface area (Å²) < 4.78 is 38.2. The van der Waals surface area contributed by atoms with E-state index in [1.54, 1.807) is 0 Å². The van der Waals surface area contributed by atoms with Gasteiger partial charge in [0, 0.05) is 22.3 Å². The van der Waals surface area contributed by atoms with Crippen LogP contribution in [0, 0.1) is 0 Å². The standard InChI is InChI=1S/C41H28O27/c42-12-1-8(2-13(43)23(12)48)33(54)41(61)34-32-29(64-37(57)11-5-16(46)26(51)30-21(11)22-31(38(58)65-30)63-18(47)6-40(22,60)39(59)67-34)17(68-41)7-62-35(55)9-3-14(44)24(49)27(52)19(9)20-10(36(56)66-32)4-15(45)25(50)28(20)53/h1-5,17,22,29,31-32,34,42-46,48-53,60-61H,6-7H2/t17-,22?,29-,31?,32+,34-,40?,41-/m1/s1. The van der Waals surface area contributed by atoms with Crippen LogP contribution in [0.5, 0.6) is 69.0 Å².